The summed E-state index contributed by atoms with van der Waals surface area (Å²) in [5, 5.41) is 3.02. The predicted molar refractivity (Wildman–Crippen MR) is 48.5 cm³/mol. The third-order valence-electron chi connectivity index (χ3n) is 2.31. The Hall–Kier alpha value is -0.270. The second kappa shape index (κ2) is 4.50. The fourth-order valence-electron chi connectivity index (χ4n) is 1.47. The van der Waals surface area contributed by atoms with Crippen molar-refractivity contribution >= 4 is 10.0 Å². The van der Waals surface area contributed by atoms with Crippen LogP contribution in [0.1, 0.15) is 19.8 Å². The van der Waals surface area contributed by atoms with E-state index in [1.165, 1.54) is 0 Å². The third kappa shape index (κ3) is 2.86. The zero-order chi connectivity index (χ0) is 10.8. The maximum atomic E-state index is 12.0. The van der Waals surface area contributed by atoms with Crippen LogP contribution in [0.25, 0.3) is 0 Å². The quantitative estimate of drug-likeness (QED) is 0.729. The van der Waals surface area contributed by atoms with Crippen molar-refractivity contribution in [1.29, 1.82) is 0 Å². The van der Waals surface area contributed by atoms with Crippen LogP contribution in [0, 0.1) is 0 Å². The highest BCUT2D eigenvalue weighted by atomic mass is 32.2. The molecule has 2 atom stereocenters. The van der Waals surface area contributed by atoms with E-state index >= 15 is 0 Å². The highest BCUT2D eigenvalue weighted by molar-refractivity contribution is 7.89. The highest BCUT2D eigenvalue weighted by Gasteiger charge is 2.30. The Kier molecular flexibility index (Phi) is 3.79. The minimum Gasteiger partial charge on any atom is -0.313 e. The number of alkyl halides is 2. The second-order valence-corrected chi connectivity index (χ2v) is 5.10. The molecule has 1 heterocycles. The number of sulfonamides is 1. The van der Waals surface area contributed by atoms with Crippen molar-refractivity contribution in [1.82, 2.24) is 10.0 Å². The molecule has 84 valence electrons. The average molecular weight is 228 g/mol. The summed E-state index contributed by atoms with van der Waals surface area (Å²) < 4.78 is 47.8. The normalized spacial score (nSPS) is 29.4. The molecule has 0 unspecified atom stereocenters. The van der Waals surface area contributed by atoms with E-state index in [-0.39, 0.29) is 6.04 Å². The van der Waals surface area contributed by atoms with Gasteiger partial charge in [0.25, 0.3) is 10.0 Å². The van der Waals surface area contributed by atoms with Gasteiger partial charge in [-0.3, -0.25) is 0 Å². The van der Waals surface area contributed by atoms with Crippen molar-refractivity contribution in [2.75, 3.05) is 6.54 Å². The van der Waals surface area contributed by atoms with E-state index in [0.717, 1.165) is 13.0 Å². The minimum absolute atomic E-state index is 0.0997. The Morgan fingerprint density at radius 2 is 2.14 bits per heavy atom. The maximum absolute atomic E-state index is 12.0. The largest absolute Gasteiger partial charge is 0.350 e. The van der Waals surface area contributed by atoms with Crippen molar-refractivity contribution in [3.8, 4) is 0 Å². The van der Waals surface area contributed by atoms with Crippen molar-refractivity contribution in [3.63, 3.8) is 0 Å². The van der Waals surface area contributed by atoms with Crippen LogP contribution >= 0.6 is 0 Å². The monoisotopic (exact) mass is 228 g/mol. The van der Waals surface area contributed by atoms with E-state index in [1.54, 1.807) is 6.92 Å². The summed E-state index contributed by atoms with van der Waals surface area (Å²) in [4.78, 5) is 0. The van der Waals surface area contributed by atoms with E-state index in [1.807, 2.05) is 4.72 Å². The van der Waals surface area contributed by atoms with Crippen LogP contribution in [0.5, 0.6) is 0 Å². The van der Waals surface area contributed by atoms with Gasteiger partial charge in [0.2, 0.25) is 0 Å². The number of hydrogen-bond donors (Lipinski definition) is 2. The van der Waals surface area contributed by atoms with E-state index < -0.39 is 21.8 Å². The van der Waals surface area contributed by atoms with Crippen LogP contribution in [-0.4, -0.2) is 32.8 Å². The summed E-state index contributed by atoms with van der Waals surface area (Å²) >= 11 is 0. The van der Waals surface area contributed by atoms with Gasteiger partial charge in [0, 0.05) is 12.1 Å². The molecule has 0 aromatic carbocycles. The first-order valence-electron chi connectivity index (χ1n) is 4.46. The summed E-state index contributed by atoms with van der Waals surface area (Å²) in [6.07, 6.45) is 1.39. The molecule has 0 aromatic heterocycles. The molecule has 1 aliphatic heterocycles. The Balaban J connectivity index is 2.58. The Morgan fingerprint density at radius 3 is 2.64 bits per heavy atom. The van der Waals surface area contributed by atoms with Gasteiger partial charge in [0.15, 0.2) is 0 Å². The van der Waals surface area contributed by atoms with Crippen LogP contribution in [-0.2, 0) is 10.0 Å². The molecule has 4 nitrogen and oxygen atoms in total. The summed E-state index contributed by atoms with van der Waals surface area (Å²) in [7, 11) is -4.45. The smallest absolute Gasteiger partial charge is 0.313 e. The molecule has 1 aliphatic rings. The molecule has 0 aromatic rings. The standard InChI is InChI=1S/C7H14F2N2O2S/c1-5-6(3-2-4-10-5)11-14(12,13)7(8)9/h5-7,10-11H,2-4H2,1H3/t5-,6-/m0/s1. The average Bonchev–Trinajstić information content (AvgIpc) is 2.08. The van der Waals surface area contributed by atoms with Gasteiger partial charge in [0.1, 0.15) is 0 Å². The summed E-state index contributed by atoms with van der Waals surface area (Å²) in [6.45, 7) is 2.58. The van der Waals surface area contributed by atoms with Crippen molar-refractivity contribution < 1.29 is 17.2 Å². The van der Waals surface area contributed by atoms with Crippen molar-refractivity contribution in [3.05, 3.63) is 0 Å². The lowest BCUT2D eigenvalue weighted by Crippen LogP contribution is -2.52. The van der Waals surface area contributed by atoms with Crippen LogP contribution < -0.4 is 10.0 Å². The van der Waals surface area contributed by atoms with Crippen LogP contribution in [0.3, 0.4) is 0 Å². The SMILES string of the molecule is C[C@@H]1NCCC[C@@H]1NS(=O)(=O)C(F)F. The van der Waals surface area contributed by atoms with Gasteiger partial charge in [-0.25, -0.2) is 13.1 Å². The molecule has 14 heavy (non-hydrogen) atoms. The topological polar surface area (TPSA) is 58.2 Å². The van der Waals surface area contributed by atoms with Gasteiger partial charge in [0.05, 0.1) is 0 Å². The van der Waals surface area contributed by atoms with Gasteiger partial charge >= 0.3 is 5.76 Å². The Bertz CT molecular complexity index is 281. The number of nitrogens with one attached hydrogen (secondary N) is 2. The molecule has 2 N–H and O–H groups in total. The molecule has 0 bridgehead atoms. The second-order valence-electron chi connectivity index (χ2n) is 3.42. The highest BCUT2D eigenvalue weighted by Crippen LogP contribution is 2.12. The van der Waals surface area contributed by atoms with E-state index in [9.17, 15) is 17.2 Å². The molecule has 0 radical (unpaired) electrons. The fraction of sp³-hybridized carbons (Fsp3) is 1.00. The first-order valence-corrected chi connectivity index (χ1v) is 6.01. The van der Waals surface area contributed by atoms with Crippen molar-refractivity contribution in [2.45, 2.75) is 37.6 Å². The van der Waals surface area contributed by atoms with Crippen molar-refractivity contribution in [2.24, 2.45) is 0 Å². The van der Waals surface area contributed by atoms with Gasteiger partial charge in [-0.1, -0.05) is 0 Å². The Labute approximate surface area is 82.1 Å². The van der Waals surface area contributed by atoms with Gasteiger partial charge in [-0.05, 0) is 26.3 Å². The first kappa shape index (κ1) is 11.8. The molecule has 0 aliphatic carbocycles. The molecule has 0 amide bonds. The number of rotatable bonds is 3. The van der Waals surface area contributed by atoms with E-state index in [2.05, 4.69) is 5.32 Å². The predicted octanol–water partition coefficient (Wildman–Crippen LogP) is 0.269. The zero-order valence-corrected chi connectivity index (χ0v) is 8.65. The van der Waals surface area contributed by atoms with Gasteiger partial charge in [-0.2, -0.15) is 8.78 Å². The third-order valence-corrected chi connectivity index (χ3v) is 3.41. The molecule has 7 heteroatoms. The number of halogens is 2. The molecular formula is C7H14F2N2O2S. The van der Waals surface area contributed by atoms with Crippen LogP contribution in [0.15, 0.2) is 0 Å². The molecule has 1 rings (SSSR count). The lowest BCUT2D eigenvalue weighted by atomic mass is 10.0. The molecule has 1 saturated heterocycles. The number of hydrogen-bond acceptors (Lipinski definition) is 3. The molecule has 1 fully saturated rings. The summed E-state index contributed by atoms with van der Waals surface area (Å²) in [5.41, 5.74) is 0. The Morgan fingerprint density at radius 1 is 1.50 bits per heavy atom. The summed E-state index contributed by atoms with van der Waals surface area (Å²) in [5.74, 6) is -3.35. The molecule has 0 saturated carbocycles. The first-order chi connectivity index (χ1) is 6.43. The lowest BCUT2D eigenvalue weighted by Gasteiger charge is -2.30. The molecule has 0 spiro atoms. The molecular weight excluding hydrogens is 214 g/mol. The minimum atomic E-state index is -4.45. The van der Waals surface area contributed by atoms with Crippen LogP contribution in [0.2, 0.25) is 0 Å². The fourth-order valence-corrected chi connectivity index (χ4v) is 2.31. The number of piperidine rings is 1. The zero-order valence-electron chi connectivity index (χ0n) is 7.83. The van der Waals surface area contributed by atoms with E-state index in [0.29, 0.717) is 6.42 Å². The lowest BCUT2D eigenvalue weighted by molar-refractivity contribution is 0.228. The van der Waals surface area contributed by atoms with Gasteiger partial charge < -0.3 is 5.32 Å². The maximum Gasteiger partial charge on any atom is 0.350 e. The van der Waals surface area contributed by atoms with Gasteiger partial charge in [-0.15, -0.1) is 0 Å². The summed E-state index contributed by atoms with van der Waals surface area (Å²) in [6, 6.07) is -0.528. The van der Waals surface area contributed by atoms with Crippen LogP contribution in [0.4, 0.5) is 8.78 Å². The van der Waals surface area contributed by atoms with E-state index in [4.69, 9.17) is 0 Å².